The fourth-order valence-corrected chi connectivity index (χ4v) is 1.59. The maximum atomic E-state index is 13.2. The van der Waals surface area contributed by atoms with Crippen LogP contribution >= 0.6 is 0 Å². The third-order valence-corrected chi connectivity index (χ3v) is 2.59. The van der Waals surface area contributed by atoms with Crippen molar-refractivity contribution in [2.45, 2.75) is 25.2 Å². The molecule has 2 nitrogen and oxygen atoms in total. The Morgan fingerprint density at radius 3 is 3.00 bits per heavy atom. The number of aromatic nitrogens is 1. The molecule has 1 aromatic heterocycles. The molecule has 14 heavy (non-hydrogen) atoms. The molecule has 0 aliphatic heterocycles. The number of hydrogen-bond donors (Lipinski definition) is 0. The number of halogens is 1. The van der Waals surface area contributed by atoms with Gasteiger partial charge < -0.3 is 0 Å². The normalized spacial score (nSPS) is 17.4. The van der Waals surface area contributed by atoms with Crippen LogP contribution in [0, 0.1) is 23.2 Å². The van der Waals surface area contributed by atoms with E-state index < -0.39 is 5.95 Å². The summed E-state index contributed by atoms with van der Waals surface area (Å²) in [5, 5.41) is 8.94. The zero-order valence-electron chi connectivity index (χ0n) is 7.78. The topological polar surface area (TPSA) is 36.7 Å². The molecule has 2 rings (SSSR count). The van der Waals surface area contributed by atoms with Crippen molar-refractivity contribution in [1.82, 2.24) is 4.98 Å². The molecule has 1 aromatic rings. The molecular weight excluding hydrogens is 179 g/mol. The van der Waals surface area contributed by atoms with Crippen molar-refractivity contribution in [3.63, 3.8) is 0 Å². The van der Waals surface area contributed by atoms with Gasteiger partial charge in [0.05, 0.1) is 12.0 Å². The Morgan fingerprint density at radius 1 is 1.64 bits per heavy atom. The summed E-state index contributed by atoms with van der Waals surface area (Å²) in [6.07, 6.45) is 4.55. The van der Waals surface area contributed by atoms with Gasteiger partial charge in [0.1, 0.15) is 0 Å². The van der Waals surface area contributed by atoms with Crippen LogP contribution in [0.3, 0.4) is 0 Å². The lowest BCUT2D eigenvalue weighted by Gasteiger charge is -2.08. The number of nitriles is 1. The predicted molar refractivity (Wildman–Crippen MR) is 49.9 cm³/mol. The fraction of sp³-hybridized carbons (Fsp3) is 0.455. The second-order valence-corrected chi connectivity index (χ2v) is 3.74. The van der Waals surface area contributed by atoms with Crippen LogP contribution in [0.15, 0.2) is 18.3 Å². The molecular formula is C11H11FN2. The van der Waals surface area contributed by atoms with Gasteiger partial charge in [-0.25, -0.2) is 4.98 Å². The van der Waals surface area contributed by atoms with Crippen molar-refractivity contribution in [3.05, 3.63) is 29.8 Å². The molecule has 72 valence electrons. The van der Waals surface area contributed by atoms with Crippen LogP contribution in [0.25, 0.3) is 0 Å². The quantitative estimate of drug-likeness (QED) is 0.687. The number of pyridine rings is 1. The molecule has 0 N–H and O–H groups in total. The van der Waals surface area contributed by atoms with Gasteiger partial charge in [0, 0.05) is 11.8 Å². The Morgan fingerprint density at radius 2 is 2.43 bits per heavy atom. The maximum absolute atomic E-state index is 13.2. The predicted octanol–water partition coefficient (Wildman–Crippen LogP) is 2.63. The second kappa shape index (κ2) is 3.75. The minimum Gasteiger partial charge on any atom is -0.228 e. The Hall–Kier alpha value is -1.43. The minimum absolute atomic E-state index is 0.323. The summed E-state index contributed by atoms with van der Waals surface area (Å²) in [5.41, 5.74) is 0.446. The largest absolute Gasteiger partial charge is 0.228 e. The van der Waals surface area contributed by atoms with Crippen LogP contribution in [-0.4, -0.2) is 4.98 Å². The highest BCUT2D eigenvalue weighted by molar-refractivity contribution is 5.23. The van der Waals surface area contributed by atoms with E-state index in [4.69, 9.17) is 5.26 Å². The summed E-state index contributed by atoms with van der Waals surface area (Å²) < 4.78 is 13.2. The number of rotatable bonds is 3. The standard InChI is InChI=1S/C11H11FN2/c12-11-10(2-1-5-14-11)9(7-13)6-8-3-4-8/h1-2,5,8-9H,3-4,6H2/t9-/m0/s1. The van der Waals surface area contributed by atoms with E-state index >= 15 is 0 Å². The Bertz CT molecular complexity index is 366. The first kappa shape index (κ1) is 9.14. The van der Waals surface area contributed by atoms with Crippen molar-refractivity contribution < 1.29 is 4.39 Å². The van der Waals surface area contributed by atoms with Crippen LogP contribution in [-0.2, 0) is 0 Å². The zero-order valence-corrected chi connectivity index (χ0v) is 7.78. The van der Waals surface area contributed by atoms with Crippen LogP contribution < -0.4 is 0 Å². The lowest BCUT2D eigenvalue weighted by molar-refractivity contribution is 0.545. The molecule has 0 unspecified atom stereocenters. The third-order valence-electron chi connectivity index (χ3n) is 2.59. The van der Waals surface area contributed by atoms with E-state index in [2.05, 4.69) is 11.1 Å². The maximum Gasteiger partial charge on any atom is 0.217 e. The molecule has 0 amide bonds. The van der Waals surface area contributed by atoms with E-state index in [0.717, 1.165) is 6.42 Å². The monoisotopic (exact) mass is 190 g/mol. The first-order chi connectivity index (χ1) is 6.81. The second-order valence-electron chi connectivity index (χ2n) is 3.74. The Kier molecular flexibility index (Phi) is 2.45. The van der Waals surface area contributed by atoms with Gasteiger partial charge in [0.25, 0.3) is 0 Å². The summed E-state index contributed by atoms with van der Waals surface area (Å²) >= 11 is 0. The Labute approximate surface area is 82.4 Å². The van der Waals surface area contributed by atoms with E-state index in [1.165, 1.54) is 19.0 Å². The SMILES string of the molecule is N#C[C@H](CC1CC1)c1cccnc1F. The highest BCUT2D eigenvalue weighted by atomic mass is 19.1. The molecule has 0 aromatic carbocycles. The molecule has 0 spiro atoms. The highest BCUT2D eigenvalue weighted by Gasteiger charge is 2.27. The lowest BCUT2D eigenvalue weighted by atomic mass is 9.96. The number of hydrogen-bond acceptors (Lipinski definition) is 2. The van der Waals surface area contributed by atoms with E-state index in [9.17, 15) is 4.39 Å². The summed E-state index contributed by atoms with van der Waals surface area (Å²) in [5.74, 6) is -0.199. The van der Waals surface area contributed by atoms with E-state index in [1.807, 2.05) is 0 Å². The zero-order chi connectivity index (χ0) is 9.97. The molecule has 1 atom stereocenters. The number of nitrogens with zero attached hydrogens (tertiary/aromatic N) is 2. The van der Waals surface area contributed by atoms with Gasteiger partial charge in [-0.3, -0.25) is 0 Å². The molecule has 1 heterocycles. The molecule has 1 aliphatic carbocycles. The van der Waals surface area contributed by atoms with Crippen molar-refractivity contribution in [2.24, 2.45) is 5.92 Å². The summed E-state index contributed by atoms with van der Waals surface area (Å²) in [4.78, 5) is 3.56. The van der Waals surface area contributed by atoms with Gasteiger partial charge in [-0.05, 0) is 18.4 Å². The van der Waals surface area contributed by atoms with Gasteiger partial charge in [0.2, 0.25) is 5.95 Å². The molecule has 0 radical (unpaired) electrons. The Balaban J connectivity index is 2.18. The summed E-state index contributed by atoms with van der Waals surface area (Å²) in [6.45, 7) is 0. The molecule has 0 bridgehead atoms. The van der Waals surface area contributed by atoms with Gasteiger partial charge in [-0.15, -0.1) is 0 Å². The van der Waals surface area contributed by atoms with Crippen LogP contribution in [0.1, 0.15) is 30.7 Å². The van der Waals surface area contributed by atoms with Crippen LogP contribution in [0.5, 0.6) is 0 Å². The summed E-state index contributed by atoms with van der Waals surface area (Å²) in [6, 6.07) is 5.48. The minimum atomic E-state index is -0.500. The third kappa shape index (κ3) is 1.90. The summed E-state index contributed by atoms with van der Waals surface area (Å²) in [7, 11) is 0. The molecule has 3 heteroatoms. The van der Waals surface area contributed by atoms with E-state index in [-0.39, 0.29) is 5.92 Å². The fourth-order valence-electron chi connectivity index (χ4n) is 1.59. The lowest BCUT2D eigenvalue weighted by Crippen LogP contribution is -2.01. The van der Waals surface area contributed by atoms with Gasteiger partial charge in [0.15, 0.2) is 0 Å². The molecule has 1 fully saturated rings. The van der Waals surface area contributed by atoms with Crippen molar-refractivity contribution >= 4 is 0 Å². The van der Waals surface area contributed by atoms with Crippen molar-refractivity contribution in [2.75, 3.05) is 0 Å². The van der Waals surface area contributed by atoms with Gasteiger partial charge in [-0.2, -0.15) is 9.65 Å². The molecule has 1 aliphatic rings. The first-order valence-corrected chi connectivity index (χ1v) is 4.81. The van der Waals surface area contributed by atoms with Crippen LogP contribution in [0.2, 0.25) is 0 Å². The van der Waals surface area contributed by atoms with E-state index in [1.54, 1.807) is 12.1 Å². The first-order valence-electron chi connectivity index (χ1n) is 4.81. The van der Waals surface area contributed by atoms with E-state index in [0.29, 0.717) is 11.5 Å². The van der Waals surface area contributed by atoms with Gasteiger partial charge in [-0.1, -0.05) is 18.9 Å². The van der Waals surface area contributed by atoms with Crippen molar-refractivity contribution in [1.29, 1.82) is 5.26 Å². The van der Waals surface area contributed by atoms with Crippen LogP contribution in [0.4, 0.5) is 4.39 Å². The van der Waals surface area contributed by atoms with Crippen molar-refractivity contribution in [3.8, 4) is 6.07 Å². The smallest absolute Gasteiger partial charge is 0.217 e. The van der Waals surface area contributed by atoms with Gasteiger partial charge >= 0.3 is 0 Å². The molecule has 0 saturated heterocycles. The highest BCUT2D eigenvalue weighted by Crippen LogP contribution is 2.38. The molecule has 1 saturated carbocycles. The average Bonchev–Trinajstić information content (AvgIpc) is 2.99. The average molecular weight is 190 g/mol.